The van der Waals surface area contributed by atoms with E-state index in [0.29, 0.717) is 0 Å². The van der Waals surface area contributed by atoms with Gasteiger partial charge >= 0.3 is 0 Å². The third-order valence-electron chi connectivity index (χ3n) is 3.09. The summed E-state index contributed by atoms with van der Waals surface area (Å²) in [6.07, 6.45) is 7.80. The number of aromatic nitrogens is 3. The van der Waals surface area contributed by atoms with E-state index in [9.17, 15) is 0 Å². The maximum atomic E-state index is 4.35. The Bertz CT molecular complexity index is 504. The first-order valence-electron chi connectivity index (χ1n) is 6.42. The largest absolute Gasteiger partial charge is 0.306 e. The lowest BCUT2D eigenvalue weighted by Crippen LogP contribution is -2.22. The zero-order chi connectivity index (χ0) is 13.0. The Hall–Kier alpha value is -1.68. The normalized spacial score (nSPS) is 12.6. The number of hydrogen-bond acceptors (Lipinski definition) is 3. The van der Waals surface area contributed by atoms with Crippen molar-refractivity contribution in [3.05, 3.63) is 47.5 Å². The number of pyridine rings is 1. The lowest BCUT2D eigenvalue weighted by Gasteiger charge is -2.18. The smallest absolute Gasteiger partial charge is 0.0611 e. The van der Waals surface area contributed by atoms with Crippen LogP contribution >= 0.6 is 0 Å². The van der Waals surface area contributed by atoms with Crippen molar-refractivity contribution >= 4 is 0 Å². The van der Waals surface area contributed by atoms with Gasteiger partial charge < -0.3 is 5.32 Å². The van der Waals surface area contributed by atoms with Gasteiger partial charge in [0.25, 0.3) is 0 Å². The molecule has 4 heteroatoms. The number of rotatable bonds is 5. The van der Waals surface area contributed by atoms with Crippen molar-refractivity contribution in [2.45, 2.75) is 33.4 Å². The van der Waals surface area contributed by atoms with E-state index in [-0.39, 0.29) is 6.04 Å². The van der Waals surface area contributed by atoms with Crippen LogP contribution in [0.15, 0.2) is 30.9 Å². The fourth-order valence-electron chi connectivity index (χ4n) is 2.12. The fourth-order valence-corrected chi connectivity index (χ4v) is 2.12. The van der Waals surface area contributed by atoms with E-state index in [2.05, 4.69) is 48.4 Å². The number of hydrogen-bond donors (Lipinski definition) is 1. The SMILES string of the molecule is CCNC(c1cnn(CC)c1)c1ccncc1C. The van der Waals surface area contributed by atoms with Crippen molar-refractivity contribution in [2.24, 2.45) is 0 Å². The molecule has 0 amide bonds. The van der Waals surface area contributed by atoms with Gasteiger partial charge in [-0.1, -0.05) is 6.92 Å². The summed E-state index contributed by atoms with van der Waals surface area (Å²) in [5, 5.41) is 7.87. The first kappa shape index (κ1) is 12.8. The fraction of sp³-hybridized carbons (Fsp3) is 0.429. The van der Waals surface area contributed by atoms with E-state index >= 15 is 0 Å². The third-order valence-corrected chi connectivity index (χ3v) is 3.09. The monoisotopic (exact) mass is 244 g/mol. The molecule has 0 bridgehead atoms. The summed E-state index contributed by atoms with van der Waals surface area (Å²) in [6.45, 7) is 8.12. The maximum absolute atomic E-state index is 4.35. The molecule has 0 spiro atoms. The van der Waals surface area contributed by atoms with Gasteiger partial charge in [0.2, 0.25) is 0 Å². The Morgan fingerprint density at radius 3 is 2.78 bits per heavy atom. The van der Waals surface area contributed by atoms with E-state index in [4.69, 9.17) is 0 Å². The van der Waals surface area contributed by atoms with Crippen LogP contribution in [0.5, 0.6) is 0 Å². The highest BCUT2D eigenvalue weighted by atomic mass is 15.3. The summed E-state index contributed by atoms with van der Waals surface area (Å²) in [7, 11) is 0. The molecule has 2 aromatic heterocycles. The van der Waals surface area contributed by atoms with Crippen molar-refractivity contribution in [3.63, 3.8) is 0 Å². The highest BCUT2D eigenvalue weighted by Gasteiger charge is 2.16. The topological polar surface area (TPSA) is 42.7 Å². The van der Waals surface area contributed by atoms with Crippen LogP contribution in [0.2, 0.25) is 0 Å². The van der Waals surface area contributed by atoms with Crippen LogP contribution < -0.4 is 5.32 Å². The molecule has 96 valence electrons. The minimum atomic E-state index is 0.193. The summed E-state index contributed by atoms with van der Waals surface area (Å²) in [4.78, 5) is 4.15. The molecule has 0 aromatic carbocycles. The summed E-state index contributed by atoms with van der Waals surface area (Å²) in [6, 6.07) is 2.27. The third kappa shape index (κ3) is 2.59. The molecule has 0 aliphatic rings. The van der Waals surface area contributed by atoms with Crippen LogP contribution in [0.4, 0.5) is 0 Å². The average molecular weight is 244 g/mol. The number of nitrogens with one attached hydrogen (secondary N) is 1. The molecule has 0 saturated carbocycles. The van der Waals surface area contributed by atoms with Crippen molar-refractivity contribution in [3.8, 4) is 0 Å². The van der Waals surface area contributed by atoms with Gasteiger partial charge in [0.15, 0.2) is 0 Å². The van der Waals surface area contributed by atoms with Gasteiger partial charge in [-0.05, 0) is 37.6 Å². The van der Waals surface area contributed by atoms with E-state index < -0.39 is 0 Å². The Balaban J connectivity index is 2.36. The maximum Gasteiger partial charge on any atom is 0.0611 e. The molecule has 2 rings (SSSR count). The summed E-state index contributed by atoms with van der Waals surface area (Å²) < 4.78 is 1.95. The summed E-state index contributed by atoms with van der Waals surface area (Å²) in [5.41, 5.74) is 3.67. The molecule has 0 fully saturated rings. The second-order valence-corrected chi connectivity index (χ2v) is 4.35. The van der Waals surface area contributed by atoms with Crippen LogP contribution in [0, 0.1) is 6.92 Å². The van der Waals surface area contributed by atoms with E-state index in [1.165, 1.54) is 16.7 Å². The number of aryl methyl sites for hydroxylation is 2. The van der Waals surface area contributed by atoms with Crippen molar-refractivity contribution < 1.29 is 0 Å². The molecule has 0 aliphatic carbocycles. The molecule has 1 atom stereocenters. The molecule has 2 aromatic rings. The Labute approximate surface area is 108 Å². The minimum absolute atomic E-state index is 0.193. The summed E-state index contributed by atoms with van der Waals surface area (Å²) >= 11 is 0. The van der Waals surface area contributed by atoms with Gasteiger partial charge in [0.05, 0.1) is 12.2 Å². The van der Waals surface area contributed by atoms with Crippen LogP contribution in [-0.4, -0.2) is 21.3 Å². The van der Waals surface area contributed by atoms with Crippen molar-refractivity contribution in [2.75, 3.05) is 6.54 Å². The molecule has 4 nitrogen and oxygen atoms in total. The van der Waals surface area contributed by atoms with Crippen molar-refractivity contribution in [1.29, 1.82) is 0 Å². The Morgan fingerprint density at radius 1 is 1.33 bits per heavy atom. The predicted octanol–water partition coefficient (Wildman–Crippen LogP) is 2.31. The van der Waals surface area contributed by atoms with Crippen LogP contribution in [0.1, 0.15) is 36.6 Å². The molecule has 18 heavy (non-hydrogen) atoms. The zero-order valence-corrected chi connectivity index (χ0v) is 11.2. The van der Waals surface area contributed by atoms with Gasteiger partial charge in [0.1, 0.15) is 0 Å². The van der Waals surface area contributed by atoms with Gasteiger partial charge in [-0.3, -0.25) is 9.67 Å². The Morgan fingerprint density at radius 2 is 2.17 bits per heavy atom. The zero-order valence-electron chi connectivity index (χ0n) is 11.2. The molecule has 0 saturated heterocycles. The quantitative estimate of drug-likeness (QED) is 0.877. The molecule has 0 aliphatic heterocycles. The van der Waals surface area contributed by atoms with Crippen molar-refractivity contribution in [1.82, 2.24) is 20.1 Å². The average Bonchev–Trinajstić information content (AvgIpc) is 2.85. The molecule has 0 radical (unpaired) electrons. The lowest BCUT2D eigenvalue weighted by atomic mass is 9.99. The van der Waals surface area contributed by atoms with Gasteiger partial charge in [0, 0.05) is 30.7 Å². The van der Waals surface area contributed by atoms with Gasteiger partial charge in [-0.2, -0.15) is 5.10 Å². The molecule has 1 N–H and O–H groups in total. The highest BCUT2D eigenvalue weighted by molar-refractivity contribution is 5.33. The van der Waals surface area contributed by atoms with E-state index in [1.807, 2.05) is 23.3 Å². The summed E-state index contributed by atoms with van der Waals surface area (Å²) in [5.74, 6) is 0. The molecule has 2 heterocycles. The first-order valence-corrected chi connectivity index (χ1v) is 6.42. The molecular formula is C14H20N4. The standard InChI is InChI=1S/C14H20N4/c1-4-16-14(12-9-17-18(5-2)10-12)13-6-7-15-8-11(13)3/h6-10,14,16H,4-5H2,1-3H3. The van der Waals surface area contributed by atoms with Gasteiger partial charge in [-0.25, -0.2) is 0 Å². The van der Waals surface area contributed by atoms with Gasteiger partial charge in [-0.15, -0.1) is 0 Å². The second-order valence-electron chi connectivity index (χ2n) is 4.35. The van der Waals surface area contributed by atoms with Crippen LogP contribution in [-0.2, 0) is 6.54 Å². The number of nitrogens with zero attached hydrogens (tertiary/aromatic N) is 3. The predicted molar refractivity (Wildman–Crippen MR) is 72.4 cm³/mol. The van der Waals surface area contributed by atoms with Crippen LogP contribution in [0.3, 0.4) is 0 Å². The highest BCUT2D eigenvalue weighted by Crippen LogP contribution is 2.23. The van der Waals surface area contributed by atoms with Crippen LogP contribution in [0.25, 0.3) is 0 Å². The molecule has 1 unspecified atom stereocenters. The lowest BCUT2D eigenvalue weighted by molar-refractivity contribution is 0.622. The Kier molecular flexibility index (Phi) is 4.10. The first-order chi connectivity index (χ1) is 8.76. The minimum Gasteiger partial charge on any atom is -0.306 e. The van der Waals surface area contributed by atoms with E-state index in [0.717, 1.165) is 13.1 Å². The molecular weight excluding hydrogens is 224 g/mol. The second kappa shape index (κ2) is 5.78. The van der Waals surface area contributed by atoms with E-state index in [1.54, 1.807) is 0 Å².